The second kappa shape index (κ2) is 7.85. The molecule has 7 heteroatoms. The number of aliphatic carboxylic acids is 1. The molecule has 7 nitrogen and oxygen atoms in total. The number of carbonyl (C=O) groups is 3. The third kappa shape index (κ3) is 5.61. The number of hydrogen-bond donors (Lipinski definition) is 3. The molecule has 1 aliphatic carbocycles. The largest absolute Gasteiger partial charge is 0.480 e. The van der Waals surface area contributed by atoms with Gasteiger partial charge in [-0.25, -0.2) is 9.59 Å². The Hall–Kier alpha value is -1.79. The number of nitrogens with zero attached hydrogens (tertiary/aromatic N) is 1. The van der Waals surface area contributed by atoms with Gasteiger partial charge in [-0.3, -0.25) is 4.79 Å². The maximum Gasteiger partial charge on any atom is 0.326 e. The van der Waals surface area contributed by atoms with Gasteiger partial charge >= 0.3 is 12.0 Å². The van der Waals surface area contributed by atoms with Crippen molar-refractivity contribution in [3.05, 3.63) is 0 Å². The van der Waals surface area contributed by atoms with E-state index in [0.717, 1.165) is 25.7 Å². The van der Waals surface area contributed by atoms with Gasteiger partial charge < -0.3 is 21.1 Å². The van der Waals surface area contributed by atoms with E-state index in [0.29, 0.717) is 6.42 Å². The van der Waals surface area contributed by atoms with E-state index in [1.54, 1.807) is 0 Å². The van der Waals surface area contributed by atoms with Gasteiger partial charge in [0, 0.05) is 6.04 Å². The second-order valence-electron chi connectivity index (χ2n) is 6.00. The van der Waals surface area contributed by atoms with Crippen molar-refractivity contribution in [2.75, 3.05) is 6.54 Å². The van der Waals surface area contributed by atoms with Crippen molar-refractivity contribution in [2.24, 2.45) is 11.7 Å². The van der Waals surface area contributed by atoms with Crippen LogP contribution in [0.5, 0.6) is 0 Å². The molecular weight excluding hydrogens is 274 g/mol. The van der Waals surface area contributed by atoms with Gasteiger partial charge in [-0.1, -0.05) is 26.7 Å². The van der Waals surface area contributed by atoms with Gasteiger partial charge in [-0.15, -0.1) is 0 Å². The summed E-state index contributed by atoms with van der Waals surface area (Å²) in [6, 6.07) is -1.51. The van der Waals surface area contributed by atoms with Crippen LogP contribution in [0.1, 0.15) is 46.0 Å². The smallest absolute Gasteiger partial charge is 0.326 e. The lowest BCUT2D eigenvalue weighted by Crippen LogP contribution is -2.53. The van der Waals surface area contributed by atoms with Gasteiger partial charge in [-0.2, -0.15) is 0 Å². The number of carboxylic acids is 1. The molecule has 0 spiro atoms. The van der Waals surface area contributed by atoms with Gasteiger partial charge in [0.15, 0.2) is 0 Å². The van der Waals surface area contributed by atoms with Crippen LogP contribution in [-0.4, -0.2) is 46.5 Å². The van der Waals surface area contributed by atoms with Gasteiger partial charge in [0.1, 0.15) is 12.6 Å². The Labute approximate surface area is 124 Å². The normalized spacial score (nSPS) is 16.7. The molecule has 0 saturated heterocycles. The minimum Gasteiger partial charge on any atom is -0.480 e. The van der Waals surface area contributed by atoms with E-state index in [9.17, 15) is 19.5 Å². The summed E-state index contributed by atoms with van der Waals surface area (Å²) in [4.78, 5) is 36.1. The van der Waals surface area contributed by atoms with E-state index in [4.69, 9.17) is 5.73 Å². The third-order valence-electron chi connectivity index (χ3n) is 3.66. The van der Waals surface area contributed by atoms with Gasteiger partial charge in [0.25, 0.3) is 0 Å². The van der Waals surface area contributed by atoms with Crippen LogP contribution < -0.4 is 11.1 Å². The third-order valence-corrected chi connectivity index (χ3v) is 3.66. The number of nitrogens with two attached hydrogens (primary N) is 1. The quantitative estimate of drug-likeness (QED) is 0.649. The van der Waals surface area contributed by atoms with Crippen molar-refractivity contribution in [1.82, 2.24) is 10.2 Å². The lowest BCUT2D eigenvalue weighted by atomic mass is 10.0. The van der Waals surface area contributed by atoms with Crippen LogP contribution in [-0.2, 0) is 9.59 Å². The molecule has 1 aliphatic rings. The summed E-state index contributed by atoms with van der Waals surface area (Å²) in [5, 5.41) is 11.7. The van der Waals surface area contributed by atoms with Crippen molar-refractivity contribution in [3.8, 4) is 0 Å². The van der Waals surface area contributed by atoms with Crippen LogP contribution in [0.3, 0.4) is 0 Å². The molecule has 1 saturated carbocycles. The first-order valence-electron chi connectivity index (χ1n) is 7.39. The molecule has 0 aromatic carbocycles. The summed E-state index contributed by atoms with van der Waals surface area (Å²) in [6.07, 6.45) is 3.99. The number of primary amides is 1. The number of carbonyl (C=O) groups excluding carboxylic acids is 2. The van der Waals surface area contributed by atoms with Crippen molar-refractivity contribution < 1.29 is 19.5 Å². The molecule has 21 heavy (non-hydrogen) atoms. The monoisotopic (exact) mass is 299 g/mol. The first-order valence-corrected chi connectivity index (χ1v) is 7.39. The van der Waals surface area contributed by atoms with Crippen LogP contribution >= 0.6 is 0 Å². The van der Waals surface area contributed by atoms with E-state index in [1.165, 1.54) is 4.90 Å². The van der Waals surface area contributed by atoms with E-state index < -0.39 is 23.9 Å². The molecule has 0 aliphatic heterocycles. The predicted molar refractivity (Wildman–Crippen MR) is 77.6 cm³/mol. The van der Waals surface area contributed by atoms with Crippen molar-refractivity contribution >= 4 is 17.9 Å². The van der Waals surface area contributed by atoms with E-state index in [2.05, 4.69) is 5.32 Å². The maximum absolute atomic E-state index is 12.3. The Morgan fingerprint density at radius 3 is 2.29 bits per heavy atom. The van der Waals surface area contributed by atoms with Crippen molar-refractivity contribution in [1.29, 1.82) is 0 Å². The predicted octanol–water partition coefficient (Wildman–Crippen LogP) is 0.925. The molecule has 1 atom stereocenters. The molecule has 3 amide bonds. The molecule has 120 valence electrons. The van der Waals surface area contributed by atoms with Crippen molar-refractivity contribution in [2.45, 2.75) is 58.0 Å². The highest BCUT2D eigenvalue weighted by Crippen LogP contribution is 2.23. The fraction of sp³-hybridized carbons (Fsp3) is 0.786. The molecule has 0 heterocycles. The molecule has 1 rings (SSSR count). The zero-order valence-electron chi connectivity index (χ0n) is 12.7. The second-order valence-corrected chi connectivity index (χ2v) is 6.00. The van der Waals surface area contributed by atoms with Crippen LogP contribution in [0.4, 0.5) is 4.79 Å². The molecule has 0 unspecified atom stereocenters. The van der Waals surface area contributed by atoms with Gasteiger partial charge in [-0.05, 0) is 25.2 Å². The molecule has 1 fully saturated rings. The molecule has 0 aromatic heterocycles. The minimum atomic E-state index is -1.07. The number of rotatable bonds is 7. The summed E-state index contributed by atoms with van der Waals surface area (Å²) < 4.78 is 0. The number of nitrogens with one attached hydrogen (secondary N) is 1. The van der Waals surface area contributed by atoms with E-state index in [-0.39, 0.29) is 18.5 Å². The number of amides is 3. The standard InChI is InChI=1S/C14H25N3O4/c1-9(2)7-11(13(19)20)16-14(21)17(8-12(15)18)10-5-3-4-6-10/h9-11H,3-8H2,1-2H3,(H2,15,18)(H,16,21)(H,19,20)/t11-/m1/s1. The topological polar surface area (TPSA) is 113 Å². The fourth-order valence-corrected chi connectivity index (χ4v) is 2.68. The van der Waals surface area contributed by atoms with Crippen LogP contribution in [0.25, 0.3) is 0 Å². The Morgan fingerprint density at radius 1 is 1.29 bits per heavy atom. The lowest BCUT2D eigenvalue weighted by molar-refractivity contribution is -0.139. The minimum absolute atomic E-state index is 0.0361. The van der Waals surface area contributed by atoms with Crippen LogP contribution in [0.15, 0.2) is 0 Å². The Morgan fingerprint density at radius 2 is 1.86 bits per heavy atom. The molecule has 4 N–H and O–H groups in total. The highest BCUT2D eigenvalue weighted by molar-refractivity contribution is 5.86. The lowest BCUT2D eigenvalue weighted by Gasteiger charge is -2.29. The zero-order valence-corrected chi connectivity index (χ0v) is 12.7. The summed E-state index contributed by atoms with van der Waals surface area (Å²) in [5.41, 5.74) is 5.19. The molecule has 0 bridgehead atoms. The highest BCUT2D eigenvalue weighted by atomic mass is 16.4. The molecular formula is C14H25N3O4. The fourth-order valence-electron chi connectivity index (χ4n) is 2.68. The average Bonchev–Trinajstić information content (AvgIpc) is 2.87. The maximum atomic E-state index is 12.3. The highest BCUT2D eigenvalue weighted by Gasteiger charge is 2.30. The summed E-state index contributed by atoms with van der Waals surface area (Å²) >= 11 is 0. The number of carboxylic acid groups (broad SMARTS) is 1. The zero-order chi connectivity index (χ0) is 16.0. The Bertz CT molecular complexity index is 392. The Balaban J connectivity index is 2.73. The van der Waals surface area contributed by atoms with E-state index >= 15 is 0 Å². The van der Waals surface area contributed by atoms with Gasteiger partial charge in [0.2, 0.25) is 5.91 Å². The van der Waals surface area contributed by atoms with Gasteiger partial charge in [0.05, 0.1) is 0 Å². The first kappa shape index (κ1) is 17.3. The van der Waals surface area contributed by atoms with E-state index in [1.807, 2.05) is 13.8 Å². The first-order chi connectivity index (χ1) is 9.81. The molecule has 0 radical (unpaired) electrons. The SMILES string of the molecule is CC(C)C[C@@H](NC(=O)N(CC(N)=O)C1CCCC1)C(=O)O. The van der Waals surface area contributed by atoms with Crippen LogP contribution in [0, 0.1) is 5.92 Å². The number of hydrogen-bond acceptors (Lipinski definition) is 3. The van der Waals surface area contributed by atoms with Crippen LogP contribution in [0.2, 0.25) is 0 Å². The van der Waals surface area contributed by atoms with Crippen molar-refractivity contribution in [3.63, 3.8) is 0 Å². The summed E-state index contributed by atoms with van der Waals surface area (Å²) in [6.45, 7) is 3.60. The summed E-state index contributed by atoms with van der Waals surface area (Å²) in [7, 11) is 0. The molecule has 0 aromatic rings. The average molecular weight is 299 g/mol. The summed E-state index contributed by atoms with van der Waals surface area (Å²) in [5.74, 6) is -1.52. The Kier molecular flexibility index (Phi) is 6.45. The number of urea groups is 1.